The molecule has 1 aromatic heterocycles. The van der Waals surface area contributed by atoms with Crippen LogP contribution in [0.4, 0.5) is 9.39 Å². The fourth-order valence-electron chi connectivity index (χ4n) is 2.00. The molecule has 0 spiro atoms. The van der Waals surface area contributed by atoms with Crippen molar-refractivity contribution in [2.75, 3.05) is 12.3 Å². The lowest BCUT2D eigenvalue weighted by atomic mass is 10.0. The Morgan fingerprint density at radius 1 is 1.37 bits per heavy atom. The highest BCUT2D eigenvalue weighted by molar-refractivity contribution is 7.16. The van der Waals surface area contributed by atoms with E-state index in [1.165, 1.54) is 23.5 Å². The number of nitrogen functional groups attached to an aromatic ring is 1. The van der Waals surface area contributed by atoms with Crippen LogP contribution in [-0.4, -0.2) is 12.5 Å². The van der Waals surface area contributed by atoms with Crippen molar-refractivity contribution in [3.05, 3.63) is 40.5 Å². The predicted octanol–water partition coefficient (Wildman–Crippen LogP) is 3.19. The molecule has 0 unspecified atom stereocenters. The van der Waals surface area contributed by atoms with E-state index in [1.54, 1.807) is 12.1 Å². The summed E-state index contributed by atoms with van der Waals surface area (Å²) in [5.74, 6) is -0.493. The largest absolute Gasteiger partial charge is 0.390 e. The molecule has 0 aliphatic carbocycles. The number of aryl methyl sites for hydroxylation is 1. The van der Waals surface area contributed by atoms with Gasteiger partial charge in [-0.05, 0) is 31.5 Å². The Labute approximate surface area is 115 Å². The lowest BCUT2D eigenvalue weighted by molar-refractivity contribution is 0.0957. The summed E-state index contributed by atoms with van der Waals surface area (Å²) in [5.41, 5.74) is 7.99. The number of carbonyl (C=O) groups is 1. The highest BCUT2D eigenvalue weighted by Crippen LogP contribution is 2.38. The molecule has 1 heterocycles. The molecule has 1 aromatic carbocycles. The van der Waals surface area contributed by atoms with E-state index in [0.717, 1.165) is 16.0 Å². The molecule has 1 amide bonds. The van der Waals surface area contributed by atoms with E-state index >= 15 is 0 Å². The van der Waals surface area contributed by atoms with E-state index in [4.69, 9.17) is 5.73 Å². The first-order chi connectivity index (χ1) is 9.04. The zero-order valence-corrected chi connectivity index (χ0v) is 11.6. The Bertz CT molecular complexity index is 605. The second-order valence-electron chi connectivity index (χ2n) is 4.14. The van der Waals surface area contributed by atoms with Gasteiger partial charge in [0.05, 0.1) is 10.6 Å². The number of amides is 1. The molecular weight excluding hydrogens is 263 g/mol. The summed E-state index contributed by atoms with van der Waals surface area (Å²) in [7, 11) is 0. The highest BCUT2D eigenvalue weighted by atomic mass is 32.1. The highest BCUT2D eigenvalue weighted by Gasteiger charge is 2.21. The minimum Gasteiger partial charge on any atom is -0.390 e. The second kappa shape index (κ2) is 5.40. The molecule has 19 heavy (non-hydrogen) atoms. The molecule has 0 aliphatic rings. The van der Waals surface area contributed by atoms with Crippen molar-refractivity contribution in [3.63, 3.8) is 0 Å². The third-order valence-electron chi connectivity index (χ3n) is 2.81. The van der Waals surface area contributed by atoms with Gasteiger partial charge in [-0.15, -0.1) is 11.3 Å². The monoisotopic (exact) mass is 278 g/mol. The molecule has 3 nitrogen and oxygen atoms in total. The van der Waals surface area contributed by atoms with Crippen LogP contribution in [0.1, 0.15) is 22.2 Å². The topological polar surface area (TPSA) is 55.1 Å². The summed E-state index contributed by atoms with van der Waals surface area (Å²) in [5, 5.41) is 3.24. The van der Waals surface area contributed by atoms with Gasteiger partial charge >= 0.3 is 0 Å². The zero-order valence-electron chi connectivity index (χ0n) is 10.8. The first kappa shape index (κ1) is 13.5. The smallest absolute Gasteiger partial charge is 0.254 e. The average molecular weight is 278 g/mol. The summed E-state index contributed by atoms with van der Waals surface area (Å²) in [4.78, 5) is 13.0. The molecule has 100 valence electrons. The zero-order chi connectivity index (χ0) is 14.0. The Kier molecular flexibility index (Phi) is 3.85. The number of thiophene rings is 1. The normalized spacial score (nSPS) is 10.5. The summed E-state index contributed by atoms with van der Waals surface area (Å²) in [6.07, 6.45) is 0. The van der Waals surface area contributed by atoms with Crippen LogP contribution in [0.5, 0.6) is 0 Å². The van der Waals surface area contributed by atoms with Crippen LogP contribution in [-0.2, 0) is 0 Å². The van der Waals surface area contributed by atoms with E-state index in [9.17, 15) is 9.18 Å². The minimum absolute atomic E-state index is 0.191. The maximum atomic E-state index is 13.0. The number of rotatable bonds is 3. The fourth-order valence-corrected chi connectivity index (χ4v) is 2.95. The van der Waals surface area contributed by atoms with Crippen molar-refractivity contribution >= 4 is 22.2 Å². The molecule has 0 aliphatic heterocycles. The van der Waals surface area contributed by atoms with Crippen molar-refractivity contribution in [2.24, 2.45) is 0 Å². The van der Waals surface area contributed by atoms with Gasteiger partial charge in [0.15, 0.2) is 0 Å². The molecule has 0 saturated carbocycles. The number of benzene rings is 1. The van der Waals surface area contributed by atoms with Crippen molar-refractivity contribution in [2.45, 2.75) is 13.8 Å². The van der Waals surface area contributed by atoms with Gasteiger partial charge < -0.3 is 11.1 Å². The SMILES string of the molecule is CCNC(=O)c1c(N)sc(C)c1-c1ccc(F)cc1. The van der Waals surface area contributed by atoms with Crippen LogP contribution in [0.2, 0.25) is 0 Å². The molecule has 0 atom stereocenters. The van der Waals surface area contributed by atoms with Gasteiger partial charge in [-0.3, -0.25) is 4.79 Å². The fraction of sp³-hybridized carbons (Fsp3) is 0.214. The Hall–Kier alpha value is -1.88. The lowest BCUT2D eigenvalue weighted by Crippen LogP contribution is -2.23. The number of hydrogen-bond acceptors (Lipinski definition) is 3. The number of carbonyl (C=O) groups excluding carboxylic acids is 1. The van der Waals surface area contributed by atoms with Crippen LogP contribution in [0, 0.1) is 12.7 Å². The van der Waals surface area contributed by atoms with Gasteiger partial charge in [0.2, 0.25) is 0 Å². The van der Waals surface area contributed by atoms with Gasteiger partial charge in [0.1, 0.15) is 5.82 Å². The summed E-state index contributed by atoms with van der Waals surface area (Å²) >= 11 is 1.37. The number of hydrogen-bond donors (Lipinski definition) is 2. The molecule has 3 N–H and O–H groups in total. The molecular formula is C14H15FN2OS. The standard InChI is InChI=1S/C14H15FN2OS/c1-3-17-14(18)12-11(8(2)19-13(12)16)9-4-6-10(15)7-5-9/h4-7H,3,16H2,1-2H3,(H,17,18). The molecule has 0 fully saturated rings. The van der Waals surface area contributed by atoms with E-state index in [1.807, 2.05) is 13.8 Å². The Balaban J connectivity index is 2.56. The number of anilines is 1. The number of halogens is 1. The lowest BCUT2D eigenvalue weighted by Gasteiger charge is -2.07. The maximum Gasteiger partial charge on any atom is 0.254 e. The van der Waals surface area contributed by atoms with Gasteiger partial charge in [0.25, 0.3) is 5.91 Å². The van der Waals surface area contributed by atoms with Crippen LogP contribution in [0.15, 0.2) is 24.3 Å². The Morgan fingerprint density at radius 2 is 2.00 bits per heavy atom. The summed E-state index contributed by atoms with van der Waals surface area (Å²) in [6, 6.07) is 6.08. The van der Waals surface area contributed by atoms with Crippen molar-refractivity contribution in [1.29, 1.82) is 0 Å². The molecule has 2 aromatic rings. The van der Waals surface area contributed by atoms with E-state index < -0.39 is 0 Å². The van der Waals surface area contributed by atoms with E-state index in [2.05, 4.69) is 5.32 Å². The molecule has 0 bridgehead atoms. The number of nitrogens with two attached hydrogens (primary N) is 1. The van der Waals surface area contributed by atoms with Gasteiger partial charge in [-0.2, -0.15) is 0 Å². The molecule has 0 radical (unpaired) electrons. The predicted molar refractivity (Wildman–Crippen MR) is 76.9 cm³/mol. The summed E-state index contributed by atoms with van der Waals surface area (Å²) in [6.45, 7) is 4.29. The van der Waals surface area contributed by atoms with E-state index in [-0.39, 0.29) is 11.7 Å². The van der Waals surface area contributed by atoms with Crippen molar-refractivity contribution in [1.82, 2.24) is 5.32 Å². The number of nitrogens with one attached hydrogen (secondary N) is 1. The third kappa shape index (κ3) is 2.61. The first-order valence-electron chi connectivity index (χ1n) is 5.97. The van der Waals surface area contributed by atoms with Crippen LogP contribution in [0.3, 0.4) is 0 Å². The minimum atomic E-state index is -0.302. The maximum absolute atomic E-state index is 13.0. The summed E-state index contributed by atoms with van der Waals surface area (Å²) < 4.78 is 13.0. The van der Waals surface area contributed by atoms with Gasteiger partial charge in [0, 0.05) is 17.0 Å². The molecule has 2 rings (SSSR count). The van der Waals surface area contributed by atoms with E-state index in [0.29, 0.717) is 17.1 Å². The second-order valence-corrected chi connectivity index (χ2v) is 5.40. The molecule has 0 saturated heterocycles. The van der Waals surface area contributed by atoms with Crippen LogP contribution < -0.4 is 11.1 Å². The van der Waals surface area contributed by atoms with Crippen LogP contribution >= 0.6 is 11.3 Å². The van der Waals surface area contributed by atoms with Gasteiger partial charge in [-0.1, -0.05) is 12.1 Å². The first-order valence-corrected chi connectivity index (χ1v) is 6.79. The third-order valence-corrected chi connectivity index (χ3v) is 3.74. The average Bonchev–Trinajstić information content (AvgIpc) is 2.65. The van der Waals surface area contributed by atoms with Crippen molar-refractivity contribution in [3.8, 4) is 11.1 Å². The Morgan fingerprint density at radius 3 is 2.58 bits per heavy atom. The van der Waals surface area contributed by atoms with Gasteiger partial charge in [-0.25, -0.2) is 4.39 Å². The quantitative estimate of drug-likeness (QED) is 0.906. The molecule has 5 heteroatoms. The van der Waals surface area contributed by atoms with Crippen molar-refractivity contribution < 1.29 is 9.18 Å². The van der Waals surface area contributed by atoms with Crippen LogP contribution in [0.25, 0.3) is 11.1 Å².